The number of benzene rings is 1. The lowest BCUT2D eigenvalue weighted by Crippen LogP contribution is -2.41. The first-order valence-electron chi connectivity index (χ1n) is 8.74. The van der Waals surface area contributed by atoms with Gasteiger partial charge in [0.25, 0.3) is 0 Å². The lowest BCUT2D eigenvalue weighted by atomic mass is 9.95. The fourth-order valence-electron chi connectivity index (χ4n) is 3.24. The number of hydrogen-bond donors (Lipinski definition) is 2. The molecular weight excluding hydrogens is 290 g/mol. The maximum Gasteiger partial charge on any atom is 0.224 e. The number of amides is 1. The van der Waals surface area contributed by atoms with Crippen molar-refractivity contribution in [3.63, 3.8) is 0 Å². The monoisotopic (exact) mass is 319 g/mol. The standard InChI is InChI=1S/C19H29NO3/c1-14(2)23-17-9-6-7-15(11-17)12-19(22)20-18-10-5-3-4-8-16(18)13-21/h6-7,9,11,14,16,18,21H,3-5,8,10,12-13H2,1-2H3,(H,20,22). The summed E-state index contributed by atoms with van der Waals surface area (Å²) in [6, 6.07) is 7.81. The number of aliphatic hydroxyl groups is 1. The molecule has 23 heavy (non-hydrogen) atoms. The molecule has 1 aliphatic rings. The molecule has 1 aromatic rings. The van der Waals surface area contributed by atoms with Crippen LogP contribution in [-0.2, 0) is 11.2 Å². The Labute approximate surface area is 139 Å². The molecule has 4 nitrogen and oxygen atoms in total. The van der Waals surface area contributed by atoms with Gasteiger partial charge in [0.15, 0.2) is 0 Å². The third-order valence-electron chi connectivity index (χ3n) is 4.37. The molecule has 1 saturated carbocycles. The quantitative estimate of drug-likeness (QED) is 0.792. The highest BCUT2D eigenvalue weighted by atomic mass is 16.5. The molecular formula is C19H29NO3. The molecule has 0 bridgehead atoms. The van der Waals surface area contributed by atoms with E-state index in [0.717, 1.165) is 37.0 Å². The van der Waals surface area contributed by atoms with E-state index in [2.05, 4.69) is 5.32 Å². The van der Waals surface area contributed by atoms with Crippen LogP contribution in [0.5, 0.6) is 5.75 Å². The second-order valence-electron chi connectivity index (χ2n) is 6.75. The first-order valence-corrected chi connectivity index (χ1v) is 8.74. The maximum absolute atomic E-state index is 12.4. The maximum atomic E-state index is 12.4. The molecule has 1 aliphatic carbocycles. The van der Waals surface area contributed by atoms with Crippen molar-refractivity contribution in [3.8, 4) is 5.75 Å². The molecule has 1 amide bonds. The van der Waals surface area contributed by atoms with E-state index >= 15 is 0 Å². The minimum atomic E-state index is 0.0250. The van der Waals surface area contributed by atoms with Crippen molar-refractivity contribution in [2.75, 3.05) is 6.61 Å². The van der Waals surface area contributed by atoms with E-state index < -0.39 is 0 Å². The van der Waals surface area contributed by atoms with Crippen LogP contribution in [0.1, 0.15) is 51.5 Å². The van der Waals surface area contributed by atoms with E-state index in [4.69, 9.17) is 4.74 Å². The van der Waals surface area contributed by atoms with Crippen molar-refractivity contribution in [2.45, 2.75) is 64.5 Å². The van der Waals surface area contributed by atoms with E-state index in [1.54, 1.807) is 0 Å². The second-order valence-corrected chi connectivity index (χ2v) is 6.75. The van der Waals surface area contributed by atoms with E-state index in [0.29, 0.717) is 6.42 Å². The van der Waals surface area contributed by atoms with Crippen LogP contribution >= 0.6 is 0 Å². The Kier molecular flexibility index (Phi) is 6.90. The van der Waals surface area contributed by atoms with Gasteiger partial charge in [-0.2, -0.15) is 0 Å². The summed E-state index contributed by atoms with van der Waals surface area (Å²) < 4.78 is 5.67. The van der Waals surface area contributed by atoms with E-state index in [1.807, 2.05) is 38.1 Å². The Bertz CT molecular complexity index is 501. The third-order valence-corrected chi connectivity index (χ3v) is 4.37. The van der Waals surface area contributed by atoms with Gasteiger partial charge in [0.05, 0.1) is 12.5 Å². The van der Waals surface area contributed by atoms with Crippen molar-refractivity contribution in [1.29, 1.82) is 0 Å². The summed E-state index contributed by atoms with van der Waals surface area (Å²) in [5, 5.41) is 12.7. The molecule has 4 heteroatoms. The van der Waals surface area contributed by atoms with Gasteiger partial charge in [0.1, 0.15) is 5.75 Å². The van der Waals surface area contributed by atoms with E-state index in [-0.39, 0.29) is 30.6 Å². The van der Waals surface area contributed by atoms with Crippen molar-refractivity contribution < 1.29 is 14.6 Å². The van der Waals surface area contributed by atoms with Crippen molar-refractivity contribution in [3.05, 3.63) is 29.8 Å². The average molecular weight is 319 g/mol. The molecule has 1 aromatic carbocycles. The summed E-state index contributed by atoms with van der Waals surface area (Å²) in [7, 11) is 0. The zero-order chi connectivity index (χ0) is 16.7. The van der Waals surface area contributed by atoms with Gasteiger partial charge in [-0.25, -0.2) is 0 Å². The van der Waals surface area contributed by atoms with Gasteiger partial charge in [0, 0.05) is 18.6 Å². The van der Waals surface area contributed by atoms with Crippen LogP contribution in [-0.4, -0.2) is 29.8 Å². The fourth-order valence-corrected chi connectivity index (χ4v) is 3.24. The molecule has 0 heterocycles. The Hall–Kier alpha value is -1.55. The SMILES string of the molecule is CC(C)Oc1cccc(CC(=O)NC2CCCCCC2CO)c1. The van der Waals surface area contributed by atoms with Crippen molar-refractivity contribution >= 4 is 5.91 Å². The highest BCUT2D eigenvalue weighted by Gasteiger charge is 2.24. The summed E-state index contributed by atoms with van der Waals surface area (Å²) in [4.78, 5) is 12.4. The number of hydrogen-bond acceptors (Lipinski definition) is 3. The van der Waals surface area contributed by atoms with Crippen LogP contribution in [0.4, 0.5) is 0 Å². The third kappa shape index (κ3) is 5.87. The molecule has 2 unspecified atom stereocenters. The fraction of sp³-hybridized carbons (Fsp3) is 0.632. The average Bonchev–Trinajstić information content (AvgIpc) is 2.71. The van der Waals surface area contributed by atoms with Crippen LogP contribution in [0.25, 0.3) is 0 Å². The Morgan fingerprint density at radius 1 is 1.30 bits per heavy atom. The molecule has 0 aromatic heterocycles. The molecule has 2 N–H and O–H groups in total. The van der Waals surface area contributed by atoms with Gasteiger partial charge in [0.2, 0.25) is 5.91 Å². The van der Waals surface area contributed by atoms with Crippen LogP contribution in [0, 0.1) is 5.92 Å². The zero-order valence-electron chi connectivity index (χ0n) is 14.3. The lowest BCUT2D eigenvalue weighted by Gasteiger charge is -2.24. The van der Waals surface area contributed by atoms with Gasteiger partial charge in [-0.05, 0) is 44.4 Å². The number of rotatable bonds is 6. The van der Waals surface area contributed by atoms with Gasteiger partial charge in [-0.1, -0.05) is 31.4 Å². The molecule has 2 rings (SSSR count). The first-order chi connectivity index (χ1) is 11.1. The van der Waals surface area contributed by atoms with Crippen LogP contribution in [0.2, 0.25) is 0 Å². The van der Waals surface area contributed by atoms with Gasteiger partial charge in [-0.3, -0.25) is 4.79 Å². The Balaban J connectivity index is 1.93. The molecule has 0 saturated heterocycles. The smallest absolute Gasteiger partial charge is 0.224 e. The highest BCUT2D eigenvalue weighted by molar-refractivity contribution is 5.79. The first kappa shape index (κ1) is 17.8. The minimum Gasteiger partial charge on any atom is -0.491 e. The second kappa shape index (κ2) is 8.92. The normalized spacial score (nSPS) is 21.7. The molecule has 2 atom stereocenters. The van der Waals surface area contributed by atoms with Crippen molar-refractivity contribution in [2.24, 2.45) is 5.92 Å². The largest absolute Gasteiger partial charge is 0.491 e. The van der Waals surface area contributed by atoms with Gasteiger partial charge >= 0.3 is 0 Å². The van der Waals surface area contributed by atoms with Crippen LogP contribution in [0.15, 0.2) is 24.3 Å². The topological polar surface area (TPSA) is 58.6 Å². The Morgan fingerprint density at radius 2 is 2.09 bits per heavy atom. The van der Waals surface area contributed by atoms with Crippen molar-refractivity contribution in [1.82, 2.24) is 5.32 Å². The molecule has 0 aliphatic heterocycles. The summed E-state index contributed by atoms with van der Waals surface area (Å²) in [5.74, 6) is 1.02. The molecule has 128 valence electrons. The minimum absolute atomic E-state index is 0.0250. The Morgan fingerprint density at radius 3 is 2.83 bits per heavy atom. The molecule has 0 spiro atoms. The summed E-state index contributed by atoms with van der Waals surface area (Å²) in [6.45, 7) is 4.13. The molecule has 0 radical (unpaired) electrons. The van der Waals surface area contributed by atoms with Gasteiger partial charge in [-0.15, -0.1) is 0 Å². The zero-order valence-corrected chi connectivity index (χ0v) is 14.3. The van der Waals surface area contributed by atoms with E-state index in [1.165, 1.54) is 6.42 Å². The number of ether oxygens (including phenoxy) is 1. The summed E-state index contributed by atoms with van der Waals surface area (Å²) >= 11 is 0. The predicted molar refractivity (Wildman–Crippen MR) is 91.5 cm³/mol. The summed E-state index contributed by atoms with van der Waals surface area (Å²) in [6.07, 6.45) is 5.90. The van der Waals surface area contributed by atoms with Crippen LogP contribution in [0.3, 0.4) is 0 Å². The van der Waals surface area contributed by atoms with Crippen LogP contribution < -0.4 is 10.1 Å². The lowest BCUT2D eigenvalue weighted by molar-refractivity contribution is -0.121. The number of carbonyl (C=O) groups is 1. The molecule has 1 fully saturated rings. The number of aliphatic hydroxyl groups excluding tert-OH is 1. The number of nitrogens with one attached hydrogen (secondary N) is 1. The highest BCUT2D eigenvalue weighted by Crippen LogP contribution is 2.23. The van der Waals surface area contributed by atoms with E-state index in [9.17, 15) is 9.90 Å². The predicted octanol–water partition coefficient (Wildman–Crippen LogP) is 3.07. The van der Waals surface area contributed by atoms with Gasteiger partial charge < -0.3 is 15.2 Å². The summed E-state index contributed by atoms with van der Waals surface area (Å²) in [5.41, 5.74) is 0.954. The number of carbonyl (C=O) groups excluding carboxylic acids is 1.